The van der Waals surface area contributed by atoms with Crippen LogP contribution in [0.4, 0.5) is 18.9 Å². The van der Waals surface area contributed by atoms with E-state index in [2.05, 4.69) is 4.98 Å². The number of benzene rings is 1. The SMILES string of the molecule is N#Cc1cnc2c(c1)CCC[C@H]2Oc1ccc(N)c(C(=N)C(F)(F)F)c1. The maximum Gasteiger partial charge on any atom is 0.433 e. The molecule has 5 nitrogen and oxygen atoms in total. The quantitative estimate of drug-likeness (QED) is 0.640. The molecule has 1 aliphatic rings. The molecule has 2 aromatic rings. The number of halogens is 3. The van der Waals surface area contributed by atoms with Gasteiger partial charge in [-0.05, 0) is 49.1 Å². The van der Waals surface area contributed by atoms with E-state index in [9.17, 15) is 13.2 Å². The molecule has 0 radical (unpaired) electrons. The van der Waals surface area contributed by atoms with Gasteiger partial charge in [0.15, 0.2) is 0 Å². The van der Waals surface area contributed by atoms with E-state index in [0.29, 0.717) is 17.7 Å². The number of hydrogen-bond donors (Lipinski definition) is 2. The summed E-state index contributed by atoms with van der Waals surface area (Å²) in [4.78, 5) is 4.29. The average molecular weight is 360 g/mol. The highest BCUT2D eigenvalue weighted by Gasteiger charge is 2.36. The fourth-order valence-electron chi connectivity index (χ4n) is 2.94. The Morgan fingerprint density at radius 1 is 1.35 bits per heavy atom. The number of nitrogens with one attached hydrogen (secondary N) is 1. The topological polar surface area (TPSA) is 95.8 Å². The van der Waals surface area contributed by atoms with E-state index in [1.165, 1.54) is 18.3 Å². The molecule has 26 heavy (non-hydrogen) atoms. The second kappa shape index (κ2) is 6.67. The molecule has 0 unspecified atom stereocenters. The lowest BCUT2D eigenvalue weighted by Crippen LogP contribution is -2.24. The Morgan fingerprint density at radius 2 is 2.12 bits per heavy atom. The van der Waals surface area contributed by atoms with Gasteiger partial charge in [0.2, 0.25) is 0 Å². The molecule has 0 amide bonds. The van der Waals surface area contributed by atoms with Crippen molar-refractivity contribution in [2.45, 2.75) is 31.5 Å². The Kier molecular flexibility index (Phi) is 4.55. The number of aryl methyl sites for hydroxylation is 1. The Balaban J connectivity index is 1.89. The molecule has 0 saturated carbocycles. The van der Waals surface area contributed by atoms with Gasteiger partial charge in [0, 0.05) is 17.4 Å². The molecule has 0 bridgehead atoms. The van der Waals surface area contributed by atoms with Crippen molar-refractivity contribution in [2.75, 3.05) is 5.73 Å². The molecular formula is C18H15F3N4O. The third-order valence-electron chi connectivity index (χ3n) is 4.20. The predicted molar refractivity (Wildman–Crippen MR) is 89.0 cm³/mol. The van der Waals surface area contributed by atoms with Crippen molar-refractivity contribution in [3.63, 3.8) is 0 Å². The summed E-state index contributed by atoms with van der Waals surface area (Å²) < 4.78 is 44.3. The van der Waals surface area contributed by atoms with Crippen molar-refractivity contribution in [1.82, 2.24) is 4.98 Å². The number of aromatic nitrogens is 1. The van der Waals surface area contributed by atoms with Gasteiger partial charge in [0.1, 0.15) is 23.6 Å². The molecule has 3 N–H and O–H groups in total. The van der Waals surface area contributed by atoms with E-state index in [1.807, 2.05) is 6.07 Å². The van der Waals surface area contributed by atoms with Crippen molar-refractivity contribution >= 4 is 11.4 Å². The van der Waals surface area contributed by atoms with Gasteiger partial charge in [-0.2, -0.15) is 18.4 Å². The van der Waals surface area contributed by atoms with Crippen molar-refractivity contribution in [1.29, 1.82) is 10.7 Å². The van der Waals surface area contributed by atoms with Crippen LogP contribution in [0, 0.1) is 16.7 Å². The van der Waals surface area contributed by atoms with Gasteiger partial charge in [-0.1, -0.05) is 0 Å². The van der Waals surface area contributed by atoms with Gasteiger partial charge < -0.3 is 10.5 Å². The maximum absolute atomic E-state index is 12.8. The number of ether oxygens (including phenoxy) is 1. The summed E-state index contributed by atoms with van der Waals surface area (Å²) in [5.74, 6) is 0.187. The Labute approximate surface area is 147 Å². The molecule has 0 spiro atoms. The molecule has 8 heteroatoms. The van der Waals surface area contributed by atoms with Crippen LogP contribution in [0.15, 0.2) is 30.5 Å². The van der Waals surface area contributed by atoms with Crippen LogP contribution >= 0.6 is 0 Å². The Bertz CT molecular complexity index is 902. The summed E-state index contributed by atoms with van der Waals surface area (Å²) in [7, 11) is 0. The third-order valence-corrected chi connectivity index (χ3v) is 4.20. The third kappa shape index (κ3) is 3.47. The second-order valence-corrected chi connectivity index (χ2v) is 6.00. The van der Waals surface area contributed by atoms with Crippen LogP contribution in [-0.2, 0) is 6.42 Å². The number of nitrogen functional groups attached to an aromatic ring is 1. The second-order valence-electron chi connectivity index (χ2n) is 6.00. The number of fused-ring (bicyclic) bond motifs is 1. The van der Waals surface area contributed by atoms with Crippen molar-refractivity contribution in [3.8, 4) is 11.8 Å². The molecule has 1 atom stereocenters. The minimum absolute atomic E-state index is 0.138. The molecule has 134 valence electrons. The molecule has 1 heterocycles. The van der Waals surface area contributed by atoms with E-state index in [1.54, 1.807) is 6.07 Å². The van der Waals surface area contributed by atoms with E-state index < -0.39 is 23.6 Å². The lowest BCUT2D eigenvalue weighted by atomic mass is 9.92. The predicted octanol–water partition coefficient (Wildman–Crippen LogP) is 3.92. The van der Waals surface area contributed by atoms with Crippen LogP contribution in [0.25, 0.3) is 0 Å². The van der Waals surface area contributed by atoms with Gasteiger partial charge in [0.25, 0.3) is 0 Å². The minimum atomic E-state index is -4.79. The number of nitriles is 1. The van der Waals surface area contributed by atoms with Crippen molar-refractivity contribution in [3.05, 3.63) is 52.8 Å². The first-order chi connectivity index (χ1) is 12.3. The number of nitrogens with two attached hydrogens (primary N) is 1. The number of anilines is 1. The Hall–Kier alpha value is -3.08. The van der Waals surface area contributed by atoms with Gasteiger partial charge in [-0.15, -0.1) is 0 Å². The van der Waals surface area contributed by atoms with Crippen LogP contribution in [0.5, 0.6) is 5.75 Å². The fourth-order valence-corrected chi connectivity index (χ4v) is 2.94. The average Bonchev–Trinajstić information content (AvgIpc) is 2.61. The van der Waals surface area contributed by atoms with Crippen LogP contribution < -0.4 is 10.5 Å². The number of hydrogen-bond acceptors (Lipinski definition) is 5. The van der Waals surface area contributed by atoms with Crippen LogP contribution in [0.3, 0.4) is 0 Å². The van der Waals surface area contributed by atoms with Crippen molar-refractivity contribution in [2.24, 2.45) is 0 Å². The zero-order valence-corrected chi connectivity index (χ0v) is 13.6. The first-order valence-electron chi connectivity index (χ1n) is 7.91. The summed E-state index contributed by atoms with van der Waals surface area (Å²) >= 11 is 0. The van der Waals surface area contributed by atoms with Crippen molar-refractivity contribution < 1.29 is 17.9 Å². The smallest absolute Gasteiger partial charge is 0.433 e. The minimum Gasteiger partial charge on any atom is -0.484 e. The zero-order chi connectivity index (χ0) is 18.9. The molecule has 0 fully saturated rings. The molecular weight excluding hydrogens is 345 g/mol. The van der Waals surface area contributed by atoms with Gasteiger partial charge in [-0.25, -0.2) is 0 Å². The van der Waals surface area contributed by atoms with Gasteiger partial charge in [0.05, 0.1) is 11.3 Å². The summed E-state index contributed by atoms with van der Waals surface area (Å²) in [5, 5.41) is 16.3. The highest BCUT2D eigenvalue weighted by molar-refractivity contribution is 6.06. The number of nitrogens with zero attached hydrogens (tertiary/aromatic N) is 2. The van der Waals surface area contributed by atoms with Crippen LogP contribution in [0.1, 0.15) is 41.3 Å². The normalized spacial score (nSPS) is 16.5. The summed E-state index contributed by atoms with van der Waals surface area (Å²) in [6, 6.07) is 7.68. The molecule has 0 saturated heterocycles. The molecule has 1 aromatic heterocycles. The van der Waals surface area contributed by atoms with Crippen LogP contribution in [0.2, 0.25) is 0 Å². The standard InChI is InChI=1S/C18H15F3N4O/c19-18(20,21)17(24)13-7-12(4-5-14(13)23)26-15-3-1-2-11-6-10(8-22)9-25-16(11)15/h4-7,9,15,24H,1-3,23H2/t15-/m1/s1. The summed E-state index contributed by atoms with van der Waals surface area (Å²) in [6.07, 6.45) is -1.53. The monoisotopic (exact) mass is 360 g/mol. The highest BCUT2D eigenvalue weighted by atomic mass is 19.4. The molecule has 0 aliphatic heterocycles. The number of rotatable bonds is 3. The largest absolute Gasteiger partial charge is 0.484 e. The first-order valence-corrected chi connectivity index (χ1v) is 7.91. The maximum atomic E-state index is 12.8. The fraction of sp³-hybridized carbons (Fsp3) is 0.278. The lowest BCUT2D eigenvalue weighted by molar-refractivity contribution is -0.0587. The molecule has 3 rings (SSSR count). The van der Waals surface area contributed by atoms with Gasteiger partial charge in [-0.3, -0.25) is 10.4 Å². The van der Waals surface area contributed by atoms with E-state index in [-0.39, 0.29) is 11.4 Å². The van der Waals surface area contributed by atoms with E-state index >= 15 is 0 Å². The number of alkyl halides is 3. The first kappa shape index (κ1) is 17.7. The Morgan fingerprint density at radius 3 is 2.81 bits per heavy atom. The van der Waals surface area contributed by atoms with E-state index in [4.69, 9.17) is 21.1 Å². The molecule has 1 aliphatic carbocycles. The number of pyridine rings is 1. The lowest BCUT2D eigenvalue weighted by Gasteiger charge is -2.25. The van der Waals surface area contributed by atoms with E-state index in [0.717, 1.165) is 24.5 Å². The highest BCUT2D eigenvalue weighted by Crippen LogP contribution is 2.34. The molecule has 1 aromatic carbocycles. The summed E-state index contributed by atoms with van der Waals surface area (Å²) in [5.41, 5.74) is 5.56. The van der Waals surface area contributed by atoms with Crippen LogP contribution in [-0.4, -0.2) is 16.9 Å². The van der Waals surface area contributed by atoms with Gasteiger partial charge >= 0.3 is 6.18 Å². The zero-order valence-electron chi connectivity index (χ0n) is 13.6. The summed E-state index contributed by atoms with van der Waals surface area (Å²) in [6.45, 7) is 0.